The molecule has 0 spiro atoms. The SMILES string of the molecule is CC[C@H]1OC(=O)[C@H](C)[C@@H](OC)[C@H](C)[C@@H](O[C@H]2C[C@@H](N(C)CCc3cn([C@H](CF)[C@H](OC)c4ccc(/C(C)=N\O)cc4)nn3)C[C@@H](C)O2)[C@](C)(O)C[C@@H](C)CN(C)[C@H](C)[C@@H](O)[C@]1(C)O. The minimum absolute atomic E-state index is 0.0432. The lowest BCUT2D eigenvalue weighted by Crippen LogP contribution is -2.59. The van der Waals surface area contributed by atoms with Gasteiger partial charge < -0.3 is 54.0 Å². The number of rotatable bonds is 14. The lowest BCUT2D eigenvalue weighted by Gasteiger charge is -2.45. The van der Waals surface area contributed by atoms with Crippen LogP contribution in [0.1, 0.15) is 117 Å². The van der Waals surface area contributed by atoms with Crippen molar-refractivity contribution >= 4 is 11.7 Å². The monoisotopic (exact) mass is 893 g/mol. The number of benzene rings is 1. The highest BCUT2D eigenvalue weighted by Gasteiger charge is 2.49. The summed E-state index contributed by atoms with van der Waals surface area (Å²) in [4.78, 5) is 18.0. The predicted molar refractivity (Wildman–Crippen MR) is 236 cm³/mol. The average Bonchev–Trinajstić information content (AvgIpc) is 3.72. The molecule has 0 unspecified atom stereocenters. The number of ether oxygens (including phenoxy) is 5. The summed E-state index contributed by atoms with van der Waals surface area (Å²) in [5.74, 6) is -2.00. The number of aromatic nitrogens is 3. The zero-order valence-corrected chi connectivity index (χ0v) is 39.8. The highest BCUT2D eigenvalue weighted by molar-refractivity contribution is 5.98. The summed E-state index contributed by atoms with van der Waals surface area (Å²) in [6, 6.07) is 6.02. The molecule has 2 aliphatic rings. The Morgan fingerprint density at radius 3 is 2.37 bits per heavy atom. The molecule has 2 fully saturated rings. The van der Waals surface area contributed by atoms with Gasteiger partial charge >= 0.3 is 5.97 Å². The second-order valence-corrected chi connectivity index (χ2v) is 18.9. The minimum atomic E-state index is -1.73. The van der Waals surface area contributed by atoms with E-state index in [1.807, 2.05) is 58.8 Å². The zero-order chi connectivity index (χ0) is 47.0. The molecule has 0 radical (unpaired) electrons. The molecule has 17 heteroatoms. The van der Waals surface area contributed by atoms with Gasteiger partial charge in [-0.2, -0.15) is 0 Å². The molecule has 63 heavy (non-hydrogen) atoms. The van der Waals surface area contributed by atoms with Crippen LogP contribution in [0.25, 0.3) is 0 Å². The molecule has 0 bridgehead atoms. The lowest BCUT2D eigenvalue weighted by atomic mass is 9.78. The van der Waals surface area contributed by atoms with E-state index >= 15 is 0 Å². The summed E-state index contributed by atoms with van der Waals surface area (Å²) in [7, 11) is 6.96. The predicted octanol–water partition coefficient (Wildman–Crippen LogP) is 4.96. The first-order valence-electron chi connectivity index (χ1n) is 22.5. The van der Waals surface area contributed by atoms with E-state index in [0.29, 0.717) is 43.8 Å². The second kappa shape index (κ2) is 22.9. The molecule has 0 amide bonds. The summed E-state index contributed by atoms with van der Waals surface area (Å²) in [5.41, 5.74) is -0.497. The molecule has 16 nitrogen and oxygen atoms in total. The van der Waals surface area contributed by atoms with Crippen LogP contribution < -0.4 is 0 Å². The van der Waals surface area contributed by atoms with Crippen LogP contribution in [-0.4, -0.2) is 165 Å². The second-order valence-electron chi connectivity index (χ2n) is 18.9. The van der Waals surface area contributed by atoms with Crippen molar-refractivity contribution in [2.24, 2.45) is 22.9 Å². The Morgan fingerprint density at radius 2 is 1.78 bits per heavy atom. The summed E-state index contributed by atoms with van der Waals surface area (Å²) in [5, 5.41) is 56.5. The molecule has 1 aromatic carbocycles. The Bertz CT molecular complexity index is 1750. The normalized spacial score (nSPS) is 35.7. The lowest BCUT2D eigenvalue weighted by molar-refractivity contribution is -0.268. The van der Waals surface area contributed by atoms with Crippen molar-refractivity contribution in [2.75, 3.05) is 48.1 Å². The molecule has 4 N–H and O–H groups in total. The van der Waals surface area contributed by atoms with Crippen LogP contribution in [0.3, 0.4) is 0 Å². The number of nitrogens with zero attached hydrogens (tertiary/aromatic N) is 6. The minimum Gasteiger partial charge on any atom is -0.459 e. The van der Waals surface area contributed by atoms with E-state index in [2.05, 4.69) is 20.4 Å². The molecule has 3 heterocycles. The summed E-state index contributed by atoms with van der Waals surface area (Å²) in [6.45, 7) is 16.6. The van der Waals surface area contributed by atoms with Gasteiger partial charge in [0, 0.05) is 64.3 Å². The molecular weight excluding hydrogens is 816 g/mol. The Labute approximate surface area is 374 Å². The third kappa shape index (κ3) is 12.8. The maximum absolute atomic E-state index is 14.6. The molecule has 2 aromatic rings. The third-order valence-electron chi connectivity index (χ3n) is 13.7. The topological polar surface area (TPSA) is 194 Å². The van der Waals surface area contributed by atoms with Gasteiger partial charge in [0.1, 0.15) is 36.6 Å². The molecule has 2 saturated heterocycles. The number of likely N-dealkylation sites (N-methyl/N-ethyl adjacent to an activating group) is 2. The molecule has 358 valence electrons. The van der Waals surface area contributed by atoms with E-state index in [0.717, 1.165) is 17.5 Å². The highest BCUT2D eigenvalue weighted by atomic mass is 19.1. The van der Waals surface area contributed by atoms with Crippen LogP contribution in [0.5, 0.6) is 0 Å². The summed E-state index contributed by atoms with van der Waals surface area (Å²) < 4.78 is 47.2. The number of cyclic esters (lactones) is 1. The number of carbonyl (C=O) groups excluding carboxylic acids is 1. The van der Waals surface area contributed by atoms with Gasteiger partial charge in [0.15, 0.2) is 6.29 Å². The van der Waals surface area contributed by atoms with Gasteiger partial charge in [0.25, 0.3) is 0 Å². The van der Waals surface area contributed by atoms with Crippen molar-refractivity contribution in [1.29, 1.82) is 0 Å². The smallest absolute Gasteiger partial charge is 0.311 e. The summed E-state index contributed by atoms with van der Waals surface area (Å²) >= 11 is 0. The maximum Gasteiger partial charge on any atom is 0.311 e. The van der Waals surface area contributed by atoms with E-state index in [1.165, 1.54) is 25.8 Å². The Hall–Kier alpha value is -3.13. The fourth-order valence-electron chi connectivity index (χ4n) is 9.87. The highest BCUT2D eigenvalue weighted by Crippen LogP contribution is 2.38. The first-order chi connectivity index (χ1) is 29.6. The Kier molecular flexibility index (Phi) is 19.0. The van der Waals surface area contributed by atoms with Crippen LogP contribution in [0, 0.1) is 17.8 Å². The summed E-state index contributed by atoms with van der Waals surface area (Å²) in [6.07, 6.45) is -1.15. The van der Waals surface area contributed by atoms with Gasteiger partial charge in [0.05, 0.1) is 41.2 Å². The van der Waals surface area contributed by atoms with Crippen molar-refractivity contribution in [2.45, 2.75) is 167 Å². The first-order valence-corrected chi connectivity index (χ1v) is 22.5. The van der Waals surface area contributed by atoms with Gasteiger partial charge in [-0.15, -0.1) is 5.10 Å². The van der Waals surface area contributed by atoms with Gasteiger partial charge in [-0.05, 0) is 91.9 Å². The number of carbonyl (C=O) groups is 1. The van der Waals surface area contributed by atoms with Crippen molar-refractivity contribution in [3.8, 4) is 0 Å². The van der Waals surface area contributed by atoms with E-state index < -0.39 is 84.6 Å². The van der Waals surface area contributed by atoms with Crippen LogP contribution in [-0.2, 0) is 34.9 Å². The van der Waals surface area contributed by atoms with Gasteiger partial charge in [-0.1, -0.05) is 55.4 Å². The molecule has 2 aliphatic heterocycles. The standard InChI is InChI=1S/C46H77FN6O10/c1-14-38-46(9,57)42(54)32(7)52(11)25-27(2)23-45(8,56)43(29(4)40(59-12)30(5)44(55)62-38)63-39-22-36(21-28(3)61-39)51(10)20-19-35-26-53(50-48-35)37(24-47)41(60-13)34-17-15-33(16-18-34)31(6)49-58/h15-18,26-30,32,36-43,54,56-58H,14,19-25H2,1-13H3/b49-31-/t27-,28-,29+,30-,32-,36+,37-,38-,39+,40+,41-,42-,43-,45-,46-/m1/s1. The van der Waals surface area contributed by atoms with Crippen LogP contribution in [0.4, 0.5) is 4.39 Å². The van der Waals surface area contributed by atoms with E-state index in [-0.39, 0.29) is 24.5 Å². The van der Waals surface area contributed by atoms with Gasteiger partial charge in [-0.3, -0.25) is 4.79 Å². The Balaban J connectivity index is 1.52. The van der Waals surface area contributed by atoms with Crippen molar-refractivity contribution < 1.29 is 53.4 Å². The van der Waals surface area contributed by atoms with E-state index in [4.69, 9.17) is 28.9 Å². The molecular formula is C46H77FN6O10. The average molecular weight is 893 g/mol. The number of esters is 1. The van der Waals surface area contributed by atoms with E-state index in [9.17, 15) is 24.5 Å². The van der Waals surface area contributed by atoms with Crippen molar-refractivity contribution in [3.63, 3.8) is 0 Å². The number of halogens is 1. The van der Waals surface area contributed by atoms with Crippen LogP contribution >= 0.6 is 0 Å². The molecule has 4 rings (SSSR count). The van der Waals surface area contributed by atoms with Crippen LogP contribution in [0.2, 0.25) is 0 Å². The first kappa shape index (κ1) is 52.5. The zero-order valence-electron chi connectivity index (χ0n) is 39.8. The quantitative estimate of drug-likeness (QED) is 0.0861. The number of alkyl halides is 1. The molecule has 15 atom stereocenters. The van der Waals surface area contributed by atoms with Crippen molar-refractivity contribution in [3.05, 3.63) is 47.3 Å². The number of oxime groups is 1. The number of aliphatic hydroxyl groups is 3. The van der Waals surface area contributed by atoms with Crippen LogP contribution in [0.15, 0.2) is 35.6 Å². The molecule has 0 saturated carbocycles. The maximum atomic E-state index is 14.6. The third-order valence-corrected chi connectivity index (χ3v) is 13.7. The number of hydrogen-bond donors (Lipinski definition) is 4. The number of aliphatic hydroxyl groups excluding tert-OH is 1. The Morgan fingerprint density at radius 1 is 1.11 bits per heavy atom. The number of methoxy groups -OCH3 is 2. The van der Waals surface area contributed by atoms with Gasteiger partial charge in [0.2, 0.25) is 0 Å². The molecule has 1 aromatic heterocycles. The fourth-order valence-corrected chi connectivity index (χ4v) is 9.87. The largest absolute Gasteiger partial charge is 0.459 e. The molecule has 0 aliphatic carbocycles. The number of hydrogen-bond acceptors (Lipinski definition) is 15. The van der Waals surface area contributed by atoms with Crippen molar-refractivity contribution in [1.82, 2.24) is 24.8 Å². The van der Waals surface area contributed by atoms with Gasteiger partial charge in [-0.25, -0.2) is 9.07 Å². The fraction of sp³-hybridized carbons (Fsp3) is 0.783. The van der Waals surface area contributed by atoms with E-state index in [1.54, 1.807) is 46.0 Å².